The number of anilines is 1. The van der Waals surface area contributed by atoms with Crippen molar-refractivity contribution < 1.29 is 19.1 Å². The topological polar surface area (TPSA) is 86.0 Å². The van der Waals surface area contributed by atoms with E-state index in [9.17, 15) is 14.7 Å². The minimum Gasteiger partial charge on any atom is -0.467 e. The van der Waals surface area contributed by atoms with Crippen molar-refractivity contribution in [1.29, 1.82) is 0 Å². The fourth-order valence-corrected chi connectivity index (χ4v) is 6.73. The van der Waals surface area contributed by atoms with Gasteiger partial charge < -0.3 is 24.6 Å². The summed E-state index contributed by atoms with van der Waals surface area (Å²) >= 11 is 0. The Balaban J connectivity index is 1.13. The third-order valence-electron chi connectivity index (χ3n) is 9.17. The van der Waals surface area contributed by atoms with Crippen LogP contribution in [-0.2, 0) is 10.2 Å². The molecule has 2 aromatic rings. The minimum absolute atomic E-state index is 0.00486. The second kappa shape index (κ2) is 9.82. The standard InChI is InChI=1S/C30H39N3O4/c34-27(32-16-18-33(19-17-32)28(35)30(36)14-15-30)23-9-7-22(8-10-23)25-21-29(26-24(31-25)11-20-37-26)12-5-3-1-2-4-6-13-29/h7-11,20,25,31,36H,1-6,12-19,21H2. The zero-order chi connectivity index (χ0) is 25.5. The maximum absolute atomic E-state index is 13.2. The molecule has 2 amide bonds. The normalized spacial score (nSPS) is 24.8. The van der Waals surface area contributed by atoms with Crippen molar-refractivity contribution in [3.05, 3.63) is 53.5 Å². The van der Waals surface area contributed by atoms with Gasteiger partial charge >= 0.3 is 0 Å². The lowest BCUT2D eigenvalue weighted by atomic mass is 9.69. The Hall–Kier alpha value is -2.80. The molecule has 2 saturated carbocycles. The number of piperazine rings is 1. The summed E-state index contributed by atoms with van der Waals surface area (Å²) in [6.07, 6.45) is 14.1. The van der Waals surface area contributed by atoms with Crippen LogP contribution in [0.1, 0.15) is 98.4 Å². The summed E-state index contributed by atoms with van der Waals surface area (Å²) in [6, 6.07) is 10.4. The smallest absolute Gasteiger partial charge is 0.254 e. The van der Waals surface area contributed by atoms with Crippen molar-refractivity contribution in [1.82, 2.24) is 9.80 Å². The van der Waals surface area contributed by atoms with Gasteiger partial charge in [-0.2, -0.15) is 0 Å². The maximum Gasteiger partial charge on any atom is 0.254 e. The molecule has 1 spiro atoms. The molecule has 1 aromatic carbocycles. The molecule has 7 nitrogen and oxygen atoms in total. The number of rotatable bonds is 3. The van der Waals surface area contributed by atoms with E-state index in [2.05, 4.69) is 23.5 Å². The molecule has 0 bridgehead atoms. The van der Waals surface area contributed by atoms with Crippen LogP contribution in [0, 0.1) is 0 Å². The Labute approximate surface area is 219 Å². The number of benzene rings is 1. The van der Waals surface area contributed by atoms with E-state index in [-0.39, 0.29) is 23.3 Å². The molecule has 1 unspecified atom stereocenters. The summed E-state index contributed by atoms with van der Waals surface area (Å²) in [5.41, 5.74) is 1.95. The van der Waals surface area contributed by atoms with Gasteiger partial charge in [0, 0.05) is 37.2 Å². The van der Waals surface area contributed by atoms with E-state index in [1.54, 1.807) is 4.90 Å². The molecule has 37 heavy (non-hydrogen) atoms. The van der Waals surface area contributed by atoms with E-state index in [1.807, 2.05) is 23.3 Å². The zero-order valence-electron chi connectivity index (χ0n) is 21.7. The number of aliphatic hydroxyl groups is 1. The maximum atomic E-state index is 13.2. The highest BCUT2D eigenvalue weighted by molar-refractivity contribution is 5.94. The van der Waals surface area contributed by atoms with Gasteiger partial charge in [-0.25, -0.2) is 0 Å². The molecule has 3 heterocycles. The molecule has 1 saturated heterocycles. The average molecular weight is 506 g/mol. The lowest BCUT2D eigenvalue weighted by Crippen LogP contribution is -2.53. The molecule has 2 aliphatic carbocycles. The van der Waals surface area contributed by atoms with Gasteiger partial charge in [-0.3, -0.25) is 9.59 Å². The summed E-state index contributed by atoms with van der Waals surface area (Å²) in [5, 5.41) is 13.8. The molecule has 0 radical (unpaired) electrons. The van der Waals surface area contributed by atoms with Crippen molar-refractivity contribution in [3.8, 4) is 0 Å². The Morgan fingerprint density at radius 3 is 2.11 bits per heavy atom. The summed E-state index contributed by atoms with van der Waals surface area (Å²) in [7, 11) is 0. The summed E-state index contributed by atoms with van der Waals surface area (Å²) < 4.78 is 6.08. The van der Waals surface area contributed by atoms with Crippen LogP contribution in [0.25, 0.3) is 0 Å². The molecule has 2 N–H and O–H groups in total. The van der Waals surface area contributed by atoms with Crippen LogP contribution in [0.5, 0.6) is 0 Å². The van der Waals surface area contributed by atoms with E-state index in [0.29, 0.717) is 44.6 Å². The van der Waals surface area contributed by atoms with Crippen LogP contribution in [0.15, 0.2) is 41.0 Å². The molecule has 7 heteroatoms. The Morgan fingerprint density at radius 2 is 1.46 bits per heavy atom. The summed E-state index contributed by atoms with van der Waals surface area (Å²) in [6.45, 7) is 1.95. The third-order valence-corrected chi connectivity index (χ3v) is 9.17. The second-order valence-corrected chi connectivity index (χ2v) is 11.7. The lowest BCUT2D eigenvalue weighted by molar-refractivity contribution is -0.143. The predicted molar refractivity (Wildman–Crippen MR) is 141 cm³/mol. The first-order valence-electron chi connectivity index (χ1n) is 14.2. The van der Waals surface area contributed by atoms with Gasteiger partial charge in [-0.1, -0.05) is 50.7 Å². The number of furan rings is 1. The molecule has 2 aliphatic heterocycles. The van der Waals surface area contributed by atoms with Gasteiger partial charge in [0.2, 0.25) is 0 Å². The highest BCUT2D eigenvalue weighted by Crippen LogP contribution is 2.51. The van der Waals surface area contributed by atoms with Crippen LogP contribution >= 0.6 is 0 Å². The average Bonchev–Trinajstić information content (AvgIpc) is 3.46. The van der Waals surface area contributed by atoms with Crippen molar-refractivity contribution in [2.75, 3.05) is 31.5 Å². The Bertz CT molecular complexity index is 1120. The van der Waals surface area contributed by atoms with Gasteiger partial charge in [-0.15, -0.1) is 0 Å². The number of carbonyl (C=O) groups excluding carboxylic acids is 2. The number of amides is 2. The van der Waals surface area contributed by atoms with Crippen molar-refractivity contribution in [2.45, 2.75) is 87.7 Å². The van der Waals surface area contributed by atoms with Crippen LogP contribution in [0.3, 0.4) is 0 Å². The molecule has 3 fully saturated rings. The van der Waals surface area contributed by atoms with Gasteiger partial charge in [0.15, 0.2) is 0 Å². The molecule has 6 rings (SSSR count). The van der Waals surface area contributed by atoms with Crippen LogP contribution in [-0.4, -0.2) is 58.5 Å². The predicted octanol–water partition coefficient (Wildman–Crippen LogP) is 5.02. The highest BCUT2D eigenvalue weighted by atomic mass is 16.3. The van der Waals surface area contributed by atoms with Crippen molar-refractivity contribution in [2.24, 2.45) is 0 Å². The first-order chi connectivity index (χ1) is 18.0. The number of fused-ring (bicyclic) bond motifs is 2. The van der Waals surface area contributed by atoms with Crippen molar-refractivity contribution >= 4 is 17.5 Å². The number of hydrogen-bond donors (Lipinski definition) is 2. The molecule has 198 valence electrons. The highest BCUT2D eigenvalue weighted by Gasteiger charge is 2.50. The van der Waals surface area contributed by atoms with Gasteiger partial charge in [0.05, 0.1) is 18.0 Å². The molecule has 4 aliphatic rings. The van der Waals surface area contributed by atoms with E-state index < -0.39 is 5.60 Å². The Morgan fingerprint density at radius 1 is 0.838 bits per heavy atom. The molecular weight excluding hydrogens is 466 g/mol. The largest absolute Gasteiger partial charge is 0.467 e. The second-order valence-electron chi connectivity index (χ2n) is 11.7. The van der Waals surface area contributed by atoms with Gasteiger partial charge in [0.1, 0.15) is 11.4 Å². The SMILES string of the molecule is O=C(c1ccc(C2CC3(CCCCCCCC3)c3occc3N2)cc1)N1CCN(C(=O)C2(O)CC2)CC1. The fraction of sp³-hybridized carbons (Fsp3) is 0.600. The van der Waals surface area contributed by atoms with E-state index >= 15 is 0 Å². The first kappa shape index (κ1) is 24.5. The quantitative estimate of drug-likeness (QED) is 0.612. The minimum atomic E-state index is -1.14. The van der Waals surface area contributed by atoms with Crippen LogP contribution < -0.4 is 5.32 Å². The number of nitrogens with one attached hydrogen (secondary N) is 1. The zero-order valence-corrected chi connectivity index (χ0v) is 21.7. The van der Waals surface area contributed by atoms with Crippen molar-refractivity contribution in [3.63, 3.8) is 0 Å². The molecule has 1 atom stereocenters. The number of carbonyl (C=O) groups is 2. The monoisotopic (exact) mass is 505 g/mol. The van der Waals surface area contributed by atoms with E-state index in [4.69, 9.17) is 4.42 Å². The van der Waals surface area contributed by atoms with Crippen LogP contribution in [0.4, 0.5) is 5.69 Å². The Kier molecular flexibility index (Phi) is 6.51. The first-order valence-corrected chi connectivity index (χ1v) is 14.2. The van der Waals surface area contributed by atoms with Crippen LogP contribution in [0.2, 0.25) is 0 Å². The van der Waals surface area contributed by atoms with E-state index in [0.717, 1.165) is 17.9 Å². The molecular formula is C30H39N3O4. The molecule has 1 aromatic heterocycles. The lowest BCUT2D eigenvalue weighted by Gasteiger charge is -2.41. The number of hydrogen-bond acceptors (Lipinski definition) is 5. The van der Waals surface area contributed by atoms with E-state index in [1.165, 1.54) is 56.9 Å². The van der Waals surface area contributed by atoms with Gasteiger partial charge in [-0.05, 0) is 55.9 Å². The number of nitrogens with zero attached hydrogens (tertiary/aromatic N) is 2. The third kappa shape index (κ3) is 4.78. The van der Waals surface area contributed by atoms with Gasteiger partial charge in [0.25, 0.3) is 11.8 Å². The summed E-state index contributed by atoms with van der Waals surface area (Å²) in [4.78, 5) is 29.1. The summed E-state index contributed by atoms with van der Waals surface area (Å²) in [5.74, 6) is 0.969. The fourth-order valence-electron chi connectivity index (χ4n) is 6.73.